The fraction of sp³-hybridized carbons (Fsp3) is 0.667. The van der Waals surface area contributed by atoms with E-state index in [0.717, 1.165) is 23.6 Å². The Morgan fingerprint density at radius 1 is 1.44 bits per heavy atom. The molecule has 3 N–H and O–H groups in total. The first-order valence-corrected chi connectivity index (χ1v) is 8.09. The molecule has 0 aliphatic carbocycles. The van der Waals surface area contributed by atoms with E-state index in [1.165, 1.54) is 6.92 Å². The Hall–Kier alpha value is -2.04. The van der Waals surface area contributed by atoms with Crippen LogP contribution in [0.25, 0.3) is 0 Å². The van der Waals surface area contributed by atoms with E-state index in [2.05, 4.69) is 10.3 Å². The lowest BCUT2D eigenvalue weighted by Gasteiger charge is -2.17. The SMILES string of the molecule is CCCCCOC(=O)Nc1nc(=O)n([C@H]2OC(C)C(O)C2O)cc1F. The van der Waals surface area contributed by atoms with Crippen molar-refractivity contribution in [2.45, 2.75) is 57.6 Å². The first kappa shape index (κ1) is 19.3. The number of aliphatic hydroxyl groups excluding tert-OH is 2. The number of hydrogen-bond donors (Lipinski definition) is 3. The van der Waals surface area contributed by atoms with Crippen molar-refractivity contribution in [3.8, 4) is 0 Å². The highest BCUT2D eigenvalue weighted by Gasteiger charge is 2.42. The third-order valence-electron chi connectivity index (χ3n) is 3.86. The molecule has 0 saturated carbocycles. The first-order valence-electron chi connectivity index (χ1n) is 8.09. The number of nitrogens with zero attached hydrogens (tertiary/aromatic N) is 2. The molecule has 0 bridgehead atoms. The Labute approximate surface area is 143 Å². The Balaban J connectivity index is 2.07. The van der Waals surface area contributed by atoms with Gasteiger partial charge in [-0.25, -0.2) is 14.0 Å². The Morgan fingerprint density at radius 3 is 2.76 bits per heavy atom. The Kier molecular flexibility index (Phi) is 6.45. The van der Waals surface area contributed by atoms with E-state index in [4.69, 9.17) is 9.47 Å². The van der Waals surface area contributed by atoms with Gasteiger partial charge in [0.1, 0.15) is 12.2 Å². The number of carbonyl (C=O) groups is 1. The van der Waals surface area contributed by atoms with Crippen LogP contribution in [-0.4, -0.2) is 50.8 Å². The molecule has 2 heterocycles. The molecule has 1 aliphatic rings. The number of aromatic nitrogens is 2. The van der Waals surface area contributed by atoms with Crippen molar-refractivity contribution in [3.05, 3.63) is 22.5 Å². The number of halogens is 1. The molecule has 9 nitrogen and oxygen atoms in total. The molecule has 0 radical (unpaired) electrons. The fourth-order valence-corrected chi connectivity index (χ4v) is 2.42. The molecule has 1 aromatic heterocycles. The van der Waals surface area contributed by atoms with Crippen molar-refractivity contribution in [2.75, 3.05) is 11.9 Å². The highest BCUT2D eigenvalue weighted by atomic mass is 19.1. The van der Waals surface area contributed by atoms with Crippen molar-refractivity contribution in [1.82, 2.24) is 9.55 Å². The molecule has 4 atom stereocenters. The van der Waals surface area contributed by atoms with Crippen LogP contribution in [0.3, 0.4) is 0 Å². The normalized spacial score (nSPS) is 25.8. The standard InChI is InChI=1S/C15H22FN3O6/c1-3-4-5-6-24-15(23)18-12-9(16)7-19(14(22)17-12)13-11(21)10(20)8(2)25-13/h7-8,10-11,13,20-21H,3-6H2,1-2H3,(H,17,18,22,23)/t8?,10?,11?,13-/m0/s1. The lowest BCUT2D eigenvalue weighted by atomic mass is 10.1. The lowest BCUT2D eigenvalue weighted by molar-refractivity contribution is -0.0355. The molecule has 1 aliphatic heterocycles. The van der Waals surface area contributed by atoms with E-state index in [9.17, 15) is 24.2 Å². The zero-order valence-electron chi connectivity index (χ0n) is 14.0. The second kappa shape index (κ2) is 8.37. The van der Waals surface area contributed by atoms with Crippen LogP contribution in [-0.2, 0) is 9.47 Å². The molecule has 140 valence electrons. The minimum atomic E-state index is -1.41. The van der Waals surface area contributed by atoms with E-state index < -0.39 is 48.0 Å². The van der Waals surface area contributed by atoms with Gasteiger partial charge in [0.05, 0.1) is 18.9 Å². The minimum absolute atomic E-state index is 0.177. The van der Waals surface area contributed by atoms with Crippen molar-refractivity contribution < 1.29 is 28.9 Å². The highest BCUT2D eigenvalue weighted by molar-refractivity contribution is 5.83. The van der Waals surface area contributed by atoms with Gasteiger partial charge in [0.25, 0.3) is 0 Å². The summed E-state index contributed by atoms with van der Waals surface area (Å²) >= 11 is 0. The van der Waals surface area contributed by atoms with Crippen LogP contribution in [0.2, 0.25) is 0 Å². The van der Waals surface area contributed by atoms with Crippen LogP contribution >= 0.6 is 0 Å². The molecule has 1 fully saturated rings. The maximum atomic E-state index is 14.1. The minimum Gasteiger partial charge on any atom is -0.449 e. The number of anilines is 1. The summed E-state index contributed by atoms with van der Waals surface area (Å²) in [5, 5.41) is 21.6. The largest absolute Gasteiger partial charge is 0.449 e. The van der Waals surface area contributed by atoms with Gasteiger partial charge >= 0.3 is 11.8 Å². The van der Waals surface area contributed by atoms with Crippen LogP contribution in [0.15, 0.2) is 11.0 Å². The van der Waals surface area contributed by atoms with Crippen LogP contribution in [0.4, 0.5) is 15.0 Å². The van der Waals surface area contributed by atoms with E-state index in [1.54, 1.807) is 0 Å². The smallest absolute Gasteiger partial charge is 0.412 e. The van der Waals surface area contributed by atoms with E-state index in [-0.39, 0.29) is 6.61 Å². The number of ether oxygens (including phenoxy) is 2. The summed E-state index contributed by atoms with van der Waals surface area (Å²) < 4.78 is 24.9. The molecule has 10 heteroatoms. The molecule has 2 rings (SSSR count). The molecule has 25 heavy (non-hydrogen) atoms. The number of amides is 1. The molecule has 0 aromatic carbocycles. The number of unbranched alkanes of at least 4 members (excludes halogenated alkanes) is 2. The van der Waals surface area contributed by atoms with Crippen molar-refractivity contribution >= 4 is 11.9 Å². The predicted molar refractivity (Wildman–Crippen MR) is 84.5 cm³/mol. The summed E-state index contributed by atoms with van der Waals surface area (Å²) in [4.78, 5) is 27.0. The van der Waals surface area contributed by atoms with Crippen LogP contribution in [0.1, 0.15) is 39.3 Å². The number of aliphatic hydroxyl groups is 2. The van der Waals surface area contributed by atoms with Gasteiger partial charge in [-0.2, -0.15) is 4.98 Å². The molecule has 1 amide bonds. The summed E-state index contributed by atoms with van der Waals surface area (Å²) in [6, 6.07) is 0. The lowest BCUT2D eigenvalue weighted by Crippen LogP contribution is -2.36. The summed E-state index contributed by atoms with van der Waals surface area (Å²) in [6.45, 7) is 3.68. The van der Waals surface area contributed by atoms with Gasteiger partial charge in [-0.3, -0.25) is 9.88 Å². The van der Waals surface area contributed by atoms with Crippen molar-refractivity contribution in [3.63, 3.8) is 0 Å². The first-order chi connectivity index (χ1) is 11.8. The molecule has 1 aromatic rings. The second-order valence-electron chi connectivity index (χ2n) is 5.81. The summed E-state index contributed by atoms with van der Waals surface area (Å²) in [6.07, 6.45) is -2.25. The Bertz CT molecular complexity index is 667. The molecule has 3 unspecified atom stereocenters. The number of nitrogens with one attached hydrogen (secondary N) is 1. The average Bonchev–Trinajstić information content (AvgIpc) is 2.82. The third kappa shape index (κ3) is 4.53. The Morgan fingerprint density at radius 2 is 2.16 bits per heavy atom. The maximum absolute atomic E-state index is 14.1. The van der Waals surface area contributed by atoms with Crippen molar-refractivity contribution in [2.24, 2.45) is 0 Å². The van der Waals surface area contributed by atoms with Crippen molar-refractivity contribution in [1.29, 1.82) is 0 Å². The number of rotatable bonds is 6. The highest BCUT2D eigenvalue weighted by Crippen LogP contribution is 2.28. The van der Waals surface area contributed by atoms with Gasteiger partial charge in [-0.05, 0) is 13.3 Å². The third-order valence-corrected chi connectivity index (χ3v) is 3.86. The molecular formula is C15H22FN3O6. The van der Waals surface area contributed by atoms with E-state index >= 15 is 0 Å². The van der Waals surface area contributed by atoms with Gasteiger partial charge in [-0.1, -0.05) is 19.8 Å². The van der Waals surface area contributed by atoms with Gasteiger partial charge in [0.2, 0.25) is 0 Å². The fourth-order valence-electron chi connectivity index (χ4n) is 2.42. The molecular weight excluding hydrogens is 337 g/mol. The van der Waals surface area contributed by atoms with E-state index in [1.807, 2.05) is 6.92 Å². The van der Waals surface area contributed by atoms with Crippen LogP contribution in [0, 0.1) is 5.82 Å². The van der Waals surface area contributed by atoms with E-state index in [0.29, 0.717) is 6.42 Å². The summed E-state index contributed by atoms with van der Waals surface area (Å²) in [5.74, 6) is -1.59. The quantitative estimate of drug-likeness (QED) is 0.641. The summed E-state index contributed by atoms with van der Waals surface area (Å²) in [5.41, 5.74) is -0.951. The van der Waals surface area contributed by atoms with Gasteiger partial charge in [0, 0.05) is 0 Å². The molecule has 0 spiro atoms. The second-order valence-corrected chi connectivity index (χ2v) is 5.81. The predicted octanol–water partition coefficient (Wildman–Crippen LogP) is 0.760. The zero-order valence-corrected chi connectivity index (χ0v) is 14.0. The van der Waals surface area contributed by atoms with Gasteiger partial charge in [-0.15, -0.1) is 0 Å². The summed E-state index contributed by atoms with van der Waals surface area (Å²) in [7, 11) is 0. The number of carbonyl (C=O) groups excluding carboxylic acids is 1. The molecule has 1 saturated heterocycles. The zero-order chi connectivity index (χ0) is 18.6. The van der Waals surface area contributed by atoms with Gasteiger partial charge in [0.15, 0.2) is 17.9 Å². The van der Waals surface area contributed by atoms with Crippen LogP contribution < -0.4 is 11.0 Å². The average molecular weight is 359 g/mol. The monoisotopic (exact) mass is 359 g/mol. The van der Waals surface area contributed by atoms with Crippen LogP contribution in [0.5, 0.6) is 0 Å². The number of hydrogen-bond acceptors (Lipinski definition) is 7. The maximum Gasteiger partial charge on any atom is 0.412 e. The topological polar surface area (TPSA) is 123 Å². The van der Waals surface area contributed by atoms with Gasteiger partial charge < -0.3 is 19.7 Å².